The molecular weight excluding hydrogens is 258 g/mol. The number of nitrogens with zero attached hydrogens (tertiary/aromatic N) is 4. The van der Waals surface area contributed by atoms with Gasteiger partial charge in [-0.25, -0.2) is 5.01 Å². The van der Waals surface area contributed by atoms with Crippen molar-refractivity contribution in [3.63, 3.8) is 0 Å². The minimum absolute atomic E-state index is 0.363. The van der Waals surface area contributed by atoms with Crippen LogP contribution in [0.2, 0.25) is 0 Å². The highest BCUT2D eigenvalue weighted by atomic mass is 16.2. The van der Waals surface area contributed by atoms with Gasteiger partial charge in [0.25, 0.3) is 5.91 Å². The summed E-state index contributed by atoms with van der Waals surface area (Å²) in [7, 11) is 0. The van der Waals surface area contributed by atoms with E-state index in [-0.39, 0.29) is 5.91 Å². The lowest BCUT2D eigenvalue weighted by molar-refractivity contribution is -0.121. The zero-order chi connectivity index (χ0) is 14.5. The summed E-state index contributed by atoms with van der Waals surface area (Å²) in [5.41, 5.74) is 0.399. The first kappa shape index (κ1) is 14.1. The van der Waals surface area contributed by atoms with Gasteiger partial charge in [0.1, 0.15) is 0 Å². The van der Waals surface area contributed by atoms with E-state index in [1.807, 2.05) is 0 Å². The number of amides is 2. The van der Waals surface area contributed by atoms with E-state index >= 15 is 0 Å². The summed E-state index contributed by atoms with van der Waals surface area (Å²) >= 11 is 0. The molecule has 2 heterocycles. The average Bonchev–Trinajstić information content (AvgIpc) is 2.78. The summed E-state index contributed by atoms with van der Waals surface area (Å²) in [6, 6.07) is 3.30. The summed E-state index contributed by atoms with van der Waals surface area (Å²) in [6.45, 7) is 4.74. The summed E-state index contributed by atoms with van der Waals surface area (Å²) < 4.78 is 0. The Labute approximate surface area is 117 Å². The van der Waals surface area contributed by atoms with Crippen LogP contribution < -0.4 is 5.32 Å². The number of carbonyl (C=O) groups is 2. The van der Waals surface area contributed by atoms with E-state index in [4.69, 9.17) is 0 Å². The molecule has 1 aliphatic rings. The molecule has 2 rings (SSSR count). The fraction of sp³-hybridized carbons (Fsp3) is 0.462. The van der Waals surface area contributed by atoms with E-state index < -0.39 is 12.1 Å². The third-order valence-corrected chi connectivity index (χ3v) is 2.92. The van der Waals surface area contributed by atoms with Gasteiger partial charge in [0.05, 0.1) is 5.56 Å². The summed E-state index contributed by atoms with van der Waals surface area (Å²) in [5.74, 6) is -0.333. The second-order valence-corrected chi connectivity index (χ2v) is 4.99. The van der Waals surface area contributed by atoms with E-state index in [0.29, 0.717) is 18.0 Å². The molecule has 1 aliphatic heterocycles. The molecule has 0 spiro atoms. The number of nitrogens with one attached hydrogen (secondary N) is 1. The maximum absolute atomic E-state index is 12.0. The lowest BCUT2D eigenvalue weighted by atomic mass is 10.1. The van der Waals surface area contributed by atoms with Gasteiger partial charge in [-0.15, -0.1) is 0 Å². The van der Waals surface area contributed by atoms with Crippen molar-refractivity contribution < 1.29 is 9.59 Å². The second kappa shape index (κ2) is 6.23. The van der Waals surface area contributed by atoms with E-state index in [1.54, 1.807) is 18.3 Å². The fourth-order valence-corrected chi connectivity index (χ4v) is 1.74. The summed E-state index contributed by atoms with van der Waals surface area (Å²) in [6.07, 6.45) is 3.07. The Kier molecular flexibility index (Phi) is 4.39. The van der Waals surface area contributed by atoms with Gasteiger partial charge in [-0.1, -0.05) is 24.2 Å². The van der Waals surface area contributed by atoms with Crippen molar-refractivity contribution in [2.75, 3.05) is 6.54 Å². The molecular formula is C13H17N5O2. The third kappa shape index (κ3) is 3.37. The van der Waals surface area contributed by atoms with Gasteiger partial charge in [-0.05, 0) is 24.5 Å². The predicted molar refractivity (Wildman–Crippen MR) is 71.5 cm³/mol. The minimum atomic E-state index is -0.818. The Balaban J connectivity index is 1.99. The fourth-order valence-electron chi connectivity index (χ4n) is 1.74. The van der Waals surface area contributed by atoms with Gasteiger partial charge in [0.2, 0.25) is 6.17 Å². The Morgan fingerprint density at radius 3 is 2.95 bits per heavy atom. The molecule has 2 amide bonds. The second-order valence-electron chi connectivity index (χ2n) is 4.99. The quantitative estimate of drug-likeness (QED) is 0.879. The van der Waals surface area contributed by atoms with Crippen molar-refractivity contribution >= 4 is 11.8 Å². The predicted octanol–water partition coefficient (Wildman–Crippen LogP) is 1.39. The van der Waals surface area contributed by atoms with Crippen molar-refractivity contribution in [3.8, 4) is 0 Å². The average molecular weight is 275 g/mol. The summed E-state index contributed by atoms with van der Waals surface area (Å²) in [4.78, 5) is 27.6. The van der Waals surface area contributed by atoms with Crippen LogP contribution in [0, 0.1) is 5.92 Å². The minimum Gasteiger partial charge on any atom is -0.322 e. The van der Waals surface area contributed by atoms with Crippen LogP contribution >= 0.6 is 0 Å². The zero-order valence-corrected chi connectivity index (χ0v) is 11.5. The monoisotopic (exact) mass is 275 g/mol. The molecule has 7 heteroatoms. The summed E-state index contributed by atoms with van der Waals surface area (Å²) in [5, 5.41) is 11.4. The van der Waals surface area contributed by atoms with Crippen molar-refractivity contribution in [3.05, 3.63) is 30.1 Å². The Morgan fingerprint density at radius 1 is 1.50 bits per heavy atom. The molecule has 1 aromatic heterocycles. The number of hydrogen-bond acceptors (Lipinski definition) is 5. The number of hydrogen-bond donors (Lipinski definition) is 1. The SMILES string of the molecule is CC(C)CCN1N=NC(=O)C1NC(=O)c1cccnc1. The number of carbonyl (C=O) groups excluding carboxylic acids is 2. The van der Waals surface area contributed by atoms with Crippen LogP contribution in [0.4, 0.5) is 0 Å². The van der Waals surface area contributed by atoms with Gasteiger partial charge in [0, 0.05) is 18.9 Å². The molecule has 1 N–H and O–H groups in total. The number of rotatable bonds is 5. The lowest BCUT2D eigenvalue weighted by Crippen LogP contribution is -2.48. The van der Waals surface area contributed by atoms with Crippen molar-refractivity contribution in [2.24, 2.45) is 16.3 Å². The van der Waals surface area contributed by atoms with Crippen molar-refractivity contribution in [1.29, 1.82) is 0 Å². The molecule has 1 aromatic rings. The molecule has 0 aromatic carbocycles. The standard InChI is InChI=1S/C13H17N5O2/c1-9(2)5-7-18-11(13(20)16-17-18)15-12(19)10-4-3-6-14-8-10/h3-4,6,8-9,11H,5,7H2,1-2H3,(H,15,19). The Bertz CT molecular complexity index is 515. The van der Waals surface area contributed by atoms with Crippen molar-refractivity contribution in [1.82, 2.24) is 15.3 Å². The van der Waals surface area contributed by atoms with Crippen LogP contribution in [0.15, 0.2) is 34.9 Å². The highest BCUT2D eigenvalue weighted by Crippen LogP contribution is 2.13. The van der Waals surface area contributed by atoms with Crippen LogP contribution in [-0.2, 0) is 4.79 Å². The Morgan fingerprint density at radius 2 is 2.30 bits per heavy atom. The zero-order valence-electron chi connectivity index (χ0n) is 11.5. The molecule has 0 aliphatic carbocycles. The molecule has 106 valence electrons. The maximum Gasteiger partial charge on any atom is 0.310 e. The van der Waals surface area contributed by atoms with Gasteiger partial charge >= 0.3 is 5.91 Å². The van der Waals surface area contributed by atoms with Gasteiger partial charge in [-0.3, -0.25) is 14.6 Å². The molecule has 20 heavy (non-hydrogen) atoms. The Hall–Kier alpha value is -2.31. The maximum atomic E-state index is 12.0. The smallest absolute Gasteiger partial charge is 0.310 e. The van der Waals surface area contributed by atoms with E-state index in [2.05, 4.69) is 34.5 Å². The van der Waals surface area contributed by atoms with Crippen LogP contribution in [0.3, 0.4) is 0 Å². The van der Waals surface area contributed by atoms with E-state index in [0.717, 1.165) is 6.42 Å². The molecule has 0 bridgehead atoms. The van der Waals surface area contributed by atoms with Gasteiger partial charge in [-0.2, -0.15) is 0 Å². The molecule has 0 saturated heterocycles. The highest BCUT2D eigenvalue weighted by Gasteiger charge is 2.32. The molecule has 1 atom stereocenters. The van der Waals surface area contributed by atoms with Crippen LogP contribution in [0.1, 0.15) is 30.6 Å². The van der Waals surface area contributed by atoms with E-state index in [1.165, 1.54) is 11.2 Å². The number of pyridine rings is 1. The first-order chi connectivity index (χ1) is 9.58. The molecule has 7 nitrogen and oxygen atoms in total. The van der Waals surface area contributed by atoms with Gasteiger partial charge in [0.15, 0.2) is 0 Å². The highest BCUT2D eigenvalue weighted by molar-refractivity contribution is 5.97. The first-order valence-corrected chi connectivity index (χ1v) is 6.51. The molecule has 0 saturated carbocycles. The van der Waals surface area contributed by atoms with Crippen molar-refractivity contribution in [2.45, 2.75) is 26.4 Å². The number of aromatic nitrogens is 1. The van der Waals surface area contributed by atoms with Gasteiger partial charge < -0.3 is 5.32 Å². The van der Waals surface area contributed by atoms with Crippen LogP contribution in [0.25, 0.3) is 0 Å². The normalized spacial score (nSPS) is 17.9. The van der Waals surface area contributed by atoms with Crippen LogP contribution in [-0.4, -0.2) is 34.5 Å². The first-order valence-electron chi connectivity index (χ1n) is 6.51. The van der Waals surface area contributed by atoms with E-state index in [9.17, 15) is 9.59 Å². The largest absolute Gasteiger partial charge is 0.322 e. The third-order valence-electron chi connectivity index (χ3n) is 2.92. The molecule has 1 unspecified atom stereocenters. The molecule has 0 fully saturated rings. The lowest BCUT2D eigenvalue weighted by Gasteiger charge is -2.21. The van der Waals surface area contributed by atoms with Crippen LogP contribution in [0.5, 0.6) is 0 Å². The molecule has 0 radical (unpaired) electrons. The topological polar surface area (TPSA) is 87.0 Å².